The Morgan fingerprint density at radius 3 is 2.38 bits per heavy atom. The van der Waals surface area contributed by atoms with Crippen LogP contribution in [0.4, 0.5) is 0 Å². The average molecular weight is 457 g/mol. The number of aromatic hydroxyl groups is 1. The molecule has 6 heteroatoms. The maximum absolute atomic E-state index is 9.77. The highest BCUT2D eigenvalue weighted by Crippen LogP contribution is 2.36. The van der Waals surface area contributed by atoms with Crippen molar-refractivity contribution in [2.45, 2.75) is 25.3 Å². The van der Waals surface area contributed by atoms with Crippen LogP contribution in [0.25, 0.3) is 0 Å². The topological polar surface area (TPSA) is 56.3 Å². The van der Waals surface area contributed by atoms with Crippen LogP contribution < -0.4 is 16.0 Å². The number of piperazine rings is 1. The van der Waals surface area contributed by atoms with E-state index in [1.165, 1.54) is 16.7 Å². The largest absolute Gasteiger partial charge is 0.507 e. The van der Waals surface area contributed by atoms with Crippen molar-refractivity contribution < 1.29 is 5.11 Å². The quantitative estimate of drug-likeness (QED) is 0.484. The van der Waals surface area contributed by atoms with Crippen molar-refractivity contribution in [1.82, 2.24) is 16.0 Å². The Kier molecular flexibility index (Phi) is 6.38. The first kappa shape index (κ1) is 18.0. The van der Waals surface area contributed by atoms with Gasteiger partial charge in [-0.25, -0.2) is 0 Å². The number of benzene rings is 1. The van der Waals surface area contributed by atoms with Gasteiger partial charge in [-0.05, 0) is 80.0 Å². The normalized spacial score (nSPS) is 22.5. The second-order valence-corrected chi connectivity index (χ2v) is 7.92. The van der Waals surface area contributed by atoms with E-state index in [0.717, 1.165) is 54.4 Å². The summed E-state index contributed by atoms with van der Waals surface area (Å²) in [7, 11) is 0. The molecular weight excluding hydrogens is 434 g/mol. The number of allylic oxidation sites excluding steroid dienone is 2. The first-order valence-corrected chi connectivity index (χ1v) is 9.96. The first-order chi connectivity index (χ1) is 11.6. The van der Waals surface area contributed by atoms with E-state index in [0.29, 0.717) is 11.8 Å². The first-order valence-electron chi connectivity index (χ1n) is 8.38. The molecule has 4 N–H and O–H groups in total. The summed E-state index contributed by atoms with van der Waals surface area (Å²) in [6.45, 7) is 4.56. The predicted octanol–water partition coefficient (Wildman–Crippen LogP) is 2.96. The van der Waals surface area contributed by atoms with Gasteiger partial charge in [-0.3, -0.25) is 0 Å². The molecule has 130 valence electrons. The lowest BCUT2D eigenvalue weighted by atomic mass is 9.98. The Hall–Kier alpha value is -0.820. The van der Waals surface area contributed by atoms with Crippen LogP contribution in [0, 0.1) is 0 Å². The van der Waals surface area contributed by atoms with Crippen molar-refractivity contribution in [3.63, 3.8) is 0 Å². The van der Waals surface area contributed by atoms with Gasteiger partial charge < -0.3 is 21.1 Å². The average Bonchev–Trinajstić information content (AvgIpc) is 2.80. The van der Waals surface area contributed by atoms with Crippen LogP contribution in [-0.2, 0) is 12.8 Å². The predicted molar refractivity (Wildman–Crippen MR) is 106 cm³/mol. The lowest BCUT2D eigenvalue weighted by molar-refractivity contribution is 0.470. The van der Waals surface area contributed by atoms with Gasteiger partial charge in [0.1, 0.15) is 5.75 Å². The van der Waals surface area contributed by atoms with Crippen molar-refractivity contribution in [3.05, 3.63) is 50.1 Å². The molecule has 0 amide bonds. The van der Waals surface area contributed by atoms with Crippen LogP contribution in [0.2, 0.25) is 0 Å². The fraction of sp³-hybridized carbons (Fsp3) is 0.444. The van der Waals surface area contributed by atoms with Gasteiger partial charge >= 0.3 is 0 Å². The minimum absolute atomic E-state index is 0.333. The number of halogens is 2. The summed E-state index contributed by atoms with van der Waals surface area (Å²) in [6, 6.07) is 4.18. The van der Waals surface area contributed by atoms with Crippen molar-refractivity contribution >= 4 is 31.9 Å². The molecular formula is C18H23Br2N3O. The highest BCUT2D eigenvalue weighted by atomic mass is 79.9. The number of phenolic OH excluding ortho intramolecular Hbond substituents is 1. The van der Waals surface area contributed by atoms with Gasteiger partial charge in [0.05, 0.1) is 10.5 Å². The Labute approximate surface area is 160 Å². The molecule has 0 bridgehead atoms. The summed E-state index contributed by atoms with van der Waals surface area (Å²) in [5.74, 6) is 0.333. The van der Waals surface area contributed by atoms with Crippen LogP contribution >= 0.6 is 31.9 Å². The van der Waals surface area contributed by atoms with E-state index in [1.54, 1.807) is 6.07 Å². The summed E-state index contributed by atoms with van der Waals surface area (Å²) >= 11 is 7.01. The number of rotatable bonds is 0. The second-order valence-electron chi connectivity index (χ2n) is 6.21. The standard InChI is InChI=1S/C14H13Br2NO.C4H10N2/c15-10-5-9-1-3-11-8(6-12(9)17-7-10)2-4-13(18)14(11)16;1-2-6-4-3-5-1/h2,4-5,7,12,17-18H,1,3,6H2;5-6H,1-4H2. The minimum Gasteiger partial charge on any atom is -0.507 e. The summed E-state index contributed by atoms with van der Waals surface area (Å²) in [6.07, 6.45) is 7.18. The van der Waals surface area contributed by atoms with E-state index in [1.807, 2.05) is 12.3 Å². The zero-order chi connectivity index (χ0) is 16.9. The van der Waals surface area contributed by atoms with Crippen LogP contribution in [0.1, 0.15) is 17.5 Å². The lowest BCUT2D eigenvalue weighted by Gasteiger charge is -2.22. The van der Waals surface area contributed by atoms with Gasteiger partial charge in [0.2, 0.25) is 0 Å². The van der Waals surface area contributed by atoms with Crippen molar-refractivity contribution in [1.29, 1.82) is 0 Å². The molecule has 1 atom stereocenters. The third-order valence-corrected chi connectivity index (χ3v) is 5.90. The minimum atomic E-state index is 0.333. The summed E-state index contributed by atoms with van der Waals surface area (Å²) in [5.41, 5.74) is 3.97. The molecule has 0 aromatic heterocycles. The molecule has 1 aromatic rings. The molecule has 1 aromatic carbocycles. The third kappa shape index (κ3) is 4.42. The van der Waals surface area contributed by atoms with Crippen LogP contribution in [0.3, 0.4) is 0 Å². The number of phenols is 1. The maximum Gasteiger partial charge on any atom is 0.130 e. The Balaban J connectivity index is 0.000000238. The van der Waals surface area contributed by atoms with E-state index in [4.69, 9.17) is 0 Å². The highest BCUT2D eigenvalue weighted by molar-refractivity contribution is 9.12. The maximum atomic E-state index is 9.77. The van der Waals surface area contributed by atoms with E-state index in [-0.39, 0.29) is 0 Å². The Morgan fingerprint density at radius 1 is 1.00 bits per heavy atom. The molecule has 4 nitrogen and oxygen atoms in total. The summed E-state index contributed by atoms with van der Waals surface area (Å²) < 4.78 is 1.95. The molecule has 1 fully saturated rings. The molecule has 0 radical (unpaired) electrons. The van der Waals surface area contributed by atoms with Crippen molar-refractivity contribution in [2.75, 3.05) is 26.2 Å². The van der Waals surface area contributed by atoms with Crippen molar-refractivity contribution in [2.24, 2.45) is 0 Å². The number of fused-ring (bicyclic) bond motifs is 2. The van der Waals surface area contributed by atoms with E-state index >= 15 is 0 Å². The molecule has 0 spiro atoms. The fourth-order valence-corrected chi connectivity index (χ4v) is 4.26. The van der Waals surface area contributed by atoms with Crippen molar-refractivity contribution in [3.8, 4) is 5.75 Å². The third-order valence-electron chi connectivity index (χ3n) is 4.56. The van der Waals surface area contributed by atoms with Gasteiger partial charge in [0.15, 0.2) is 0 Å². The Morgan fingerprint density at radius 2 is 1.71 bits per heavy atom. The number of dihydropyridines is 1. The number of hydrogen-bond acceptors (Lipinski definition) is 4. The zero-order valence-electron chi connectivity index (χ0n) is 13.5. The van der Waals surface area contributed by atoms with Crippen LogP contribution in [0.5, 0.6) is 5.75 Å². The molecule has 1 aliphatic carbocycles. The summed E-state index contributed by atoms with van der Waals surface area (Å²) in [4.78, 5) is 0. The fourth-order valence-electron chi connectivity index (χ4n) is 3.25. The molecule has 2 aliphatic heterocycles. The lowest BCUT2D eigenvalue weighted by Crippen LogP contribution is -2.39. The molecule has 4 rings (SSSR count). The molecule has 3 aliphatic rings. The van der Waals surface area contributed by atoms with Gasteiger partial charge in [-0.1, -0.05) is 6.07 Å². The van der Waals surface area contributed by atoms with Gasteiger partial charge in [-0.15, -0.1) is 0 Å². The molecule has 24 heavy (non-hydrogen) atoms. The van der Waals surface area contributed by atoms with E-state index < -0.39 is 0 Å². The van der Waals surface area contributed by atoms with E-state index in [9.17, 15) is 5.11 Å². The summed E-state index contributed by atoms with van der Waals surface area (Å²) in [5, 5.41) is 19.6. The number of hydrogen-bond donors (Lipinski definition) is 4. The number of nitrogens with one attached hydrogen (secondary N) is 3. The Bertz CT molecular complexity index is 642. The zero-order valence-corrected chi connectivity index (χ0v) is 16.7. The van der Waals surface area contributed by atoms with Gasteiger partial charge in [0.25, 0.3) is 0 Å². The van der Waals surface area contributed by atoms with Crippen LogP contribution in [-0.4, -0.2) is 37.3 Å². The highest BCUT2D eigenvalue weighted by Gasteiger charge is 2.24. The SMILES string of the molecule is C1CNCCN1.Oc1ccc2c(c1Br)CCC1=CC(Br)=CNC1C2. The van der Waals surface area contributed by atoms with E-state index in [2.05, 4.69) is 53.9 Å². The molecule has 1 unspecified atom stereocenters. The van der Waals surface area contributed by atoms with Gasteiger partial charge in [0, 0.05) is 36.9 Å². The smallest absolute Gasteiger partial charge is 0.130 e. The van der Waals surface area contributed by atoms with Crippen LogP contribution in [0.15, 0.2) is 38.9 Å². The second kappa shape index (κ2) is 8.52. The monoisotopic (exact) mass is 455 g/mol. The molecule has 0 saturated carbocycles. The molecule has 1 saturated heterocycles. The molecule has 2 heterocycles. The van der Waals surface area contributed by atoms with Gasteiger partial charge in [-0.2, -0.15) is 0 Å².